The first-order valence-corrected chi connectivity index (χ1v) is 4.05. The molecule has 0 atom stereocenters. The van der Waals surface area contributed by atoms with Gasteiger partial charge in [0.2, 0.25) is 0 Å². The molecule has 0 amide bonds. The summed E-state index contributed by atoms with van der Waals surface area (Å²) >= 11 is 0. The Morgan fingerprint density at radius 3 is 2.73 bits per heavy atom. The predicted octanol–water partition coefficient (Wildman–Crippen LogP) is -0.309. The molecule has 1 heterocycles. The molecule has 0 saturated heterocycles. The fourth-order valence-corrected chi connectivity index (χ4v) is 0.861. The maximum Gasteiger partial charge on any atom is 0.358 e. The van der Waals surface area contributed by atoms with Gasteiger partial charge in [-0.05, 0) is 12.1 Å². The number of hydrogen-bond donors (Lipinski definition) is 2. The molecule has 0 aliphatic rings. The SMILES string of the molecule is O=S(=O)(O)Nc1cccnn1. The topological polar surface area (TPSA) is 92.2 Å². The maximum atomic E-state index is 10.2. The molecule has 0 bridgehead atoms. The summed E-state index contributed by atoms with van der Waals surface area (Å²) in [5.41, 5.74) is 0. The Labute approximate surface area is 63.2 Å². The van der Waals surface area contributed by atoms with E-state index in [1.807, 2.05) is 0 Å². The molecule has 6 nitrogen and oxygen atoms in total. The predicted molar refractivity (Wildman–Crippen MR) is 37.2 cm³/mol. The zero-order valence-electron chi connectivity index (χ0n) is 5.30. The second-order valence-corrected chi connectivity index (χ2v) is 2.84. The van der Waals surface area contributed by atoms with Crippen molar-refractivity contribution in [2.45, 2.75) is 0 Å². The molecule has 0 unspecified atom stereocenters. The van der Waals surface area contributed by atoms with E-state index in [0.29, 0.717) is 0 Å². The van der Waals surface area contributed by atoms with Crippen LogP contribution in [0.25, 0.3) is 0 Å². The lowest BCUT2D eigenvalue weighted by atomic mass is 10.6. The fraction of sp³-hybridized carbons (Fsp3) is 0. The van der Waals surface area contributed by atoms with Crippen molar-refractivity contribution in [3.63, 3.8) is 0 Å². The van der Waals surface area contributed by atoms with Crippen LogP contribution in [0.1, 0.15) is 0 Å². The van der Waals surface area contributed by atoms with E-state index < -0.39 is 10.3 Å². The summed E-state index contributed by atoms with van der Waals surface area (Å²) in [4.78, 5) is 0. The summed E-state index contributed by atoms with van der Waals surface area (Å²) in [7, 11) is -4.23. The third-order valence-corrected chi connectivity index (χ3v) is 1.27. The highest BCUT2D eigenvalue weighted by Crippen LogP contribution is 1.98. The highest BCUT2D eigenvalue weighted by Gasteiger charge is 2.03. The Kier molecular flexibility index (Phi) is 2.01. The van der Waals surface area contributed by atoms with E-state index in [4.69, 9.17) is 4.55 Å². The summed E-state index contributed by atoms with van der Waals surface area (Å²) in [6.07, 6.45) is 1.38. The average molecular weight is 175 g/mol. The van der Waals surface area contributed by atoms with Crippen molar-refractivity contribution in [3.8, 4) is 0 Å². The number of aromatic nitrogens is 2. The number of hydrogen-bond acceptors (Lipinski definition) is 4. The van der Waals surface area contributed by atoms with Crippen LogP contribution in [0.15, 0.2) is 18.3 Å². The van der Waals surface area contributed by atoms with Crippen LogP contribution in [-0.2, 0) is 10.3 Å². The van der Waals surface area contributed by atoms with Gasteiger partial charge in [-0.25, -0.2) is 4.72 Å². The largest absolute Gasteiger partial charge is 0.358 e. The highest BCUT2D eigenvalue weighted by atomic mass is 32.2. The van der Waals surface area contributed by atoms with Gasteiger partial charge in [0.05, 0.1) is 0 Å². The number of rotatable bonds is 2. The molecular weight excluding hydrogens is 170 g/mol. The Bertz CT molecular complexity index is 322. The van der Waals surface area contributed by atoms with Crippen LogP contribution < -0.4 is 4.72 Å². The van der Waals surface area contributed by atoms with Crippen LogP contribution >= 0.6 is 0 Å². The molecular formula is C4H5N3O3S. The first kappa shape index (κ1) is 7.89. The first-order valence-electron chi connectivity index (χ1n) is 2.61. The number of nitrogens with zero attached hydrogens (tertiary/aromatic N) is 2. The number of nitrogens with one attached hydrogen (secondary N) is 1. The van der Waals surface area contributed by atoms with Crippen molar-refractivity contribution in [3.05, 3.63) is 18.3 Å². The molecule has 11 heavy (non-hydrogen) atoms. The van der Waals surface area contributed by atoms with E-state index in [9.17, 15) is 8.42 Å². The minimum atomic E-state index is -4.23. The second kappa shape index (κ2) is 2.81. The van der Waals surface area contributed by atoms with E-state index in [1.54, 1.807) is 4.72 Å². The van der Waals surface area contributed by atoms with Crippen LogP contribution in [-0.4, -0.2) is 23.2 Å². The summed E-state index contributed by atoms with van der Waals surface area (Å²) in [5.74, 6) is -0.0185. The Balaban J connectivity index is 2.82. The van der Waals surface area contributed by atoms with Crippen LogP contribution in [0.4, 0.5) is 5.82 Å². The van der Waals surface area contributed by atoms with Gasteiger partial charge in [-0.2, -0.15) is 13.5 Å². The smallest absolute Gasteiger partial charge is 0.269 e. The Hall–Kier alpha value is -1.21. The van der Waals surface area contributed by atoms with E-state index >= 15 is 0 Å². The summed E-state index contributed by atoms with van der Waals surface area (Å²) in [5, 5.41) is 6.74. The lowest BCUT2D eigenvalue weighted by molar-refractivity contribution is 0.489. The summed E-state index contributed by atoms with van der Waals surface area (Å²) in [6.45, 7) is 0. The van der Waals surface area contributed by atoms with Crippen molar-refractivity contribution >= 4 is 16.1 Å². The minimum Gasteiger partial charge on any atom is -0.269 e. The zero-order chi connectivity index (χ0) is 8.32. The zero-order valence-corrected chi connectivity index (χ0v) is 6.11. The molecule has 0 aliphatic carbocycles. The third-order valence-electron chi connectivity index (χ3n) is 0.806. The van der Waals surface area contributed by atoms with Gasteiger partial charge in [0, 0.05) is 6.20 Å². The molecule has 0 aliphatic heterocycles. The van der Waals surface area contributed by atoms with Crippen LogP contribution in [0.3, 0.4) is 0 Å². The molecule has 1 aromatic heterocycles. The molecule has 2 N–H and O–H groups in total. The highest BCUT2D eigenvalue weighted by molar-refractivity contribution is 7.87. The summed E-state index contributed by atoms with van der Waals surface area (Å²) in [6, 6.07) is 2.85. The van der Waals surface area contributed by atoms with E-state index in [-0.39, 0.29) is 5.82 Å². The average Bonchev–Trinajstić information content (AvgIpc) is 1.85. The van der Waals surface area contributed by atoms with Gasteiger partial charge in [-0.1, -0.05) is 0 Å². The molecule has 60 valence electrons. The van der Waals surface area contributed by atoms with Gasteiger partial charge in [0.1, 0.15) is 0 Å². The van der Waals surface area contributed by atoms with Crippen molar-refractivity contribution < 1.29 is 13.0 Å². The fourth-order valence-electron chi connectivity index (χ4n) is 0.488. The van der Waals surface area contributed by atoms with Crippen molar-refractivity contribution in [2.24, 2.45) is 0 Å². The molecule has 0 saturated carbocycles. The van der Waals surface area contributed by atoms with Crippen molar-refractivity contribution in [2.75, 3.05) is 4.72 Å². The molecule has 0 spiro atoms. The van der Waals surface area contributed by atoms with E-state index in [0.717, 1.165) is 0 Å². The Morgan fingerprint density at radius 2 is 2.27 bits per heavy atom. The Morgan fingerprint density at radius 1 is 1.55 bits per heavy atom. The monoisotopic (exact) mass is 175 g/mol. The van der Waals surface area contributed by atoms with Crippen LogP contribution in [0.2, 0.25) is 0 Å². The van der Waals surface area contributed by atoms with Crippen LogP contribution in [0, 0.1) is 0 Å². The second-order valence-electron chi connectivity index (χ2n) is 1.69. The molecule has 0 radical (unpaired) electrons. The number of anilines is 1. The van der Waals surface area contributed by atoms with Gasteiger partial charge in [-0.3, -0.25) is 4.55 Å². The lowest BCUT2D eigenvalue weighted by Gasteiger charge is -1.97. The molecule has 7 heteroatoms. The van der Waals surface area contributed by atoms with Gasteiger partial charge >= 0.3 is 10.3 Å². The van der Waals surface area contributed by atoms with Gasteiger partial charge < -0.3 is 0 Å². The molecule has 1 aromatic rings. The summed E-state index contributed by atoms with van der Waals surface area (Å²) < 4.78 is 30.4. The van der Waals surface area contributed by atoms with Crippen molar-refractivity contribution in [1.82, 2.24) is 10.2 Å². The van der Waals surface area contributed by atoms with Crippen molar-refractivity contribution in [1.29, 1.82) is 0 Å². The third kappa shape index (κ3) is 2.92. The van der Waals surface area contributed by atoms with Crippen LogP contribution in [0.5, 0.6) is 0 Å². The first-order chi connectivity index (χ1) is 5.08. The minimum absolute atomic E-state index is 0.0185. The quantitative estimate of drug-likeness (QED) is 0.601. The molecule has 1 rings (SSSR count). The van der Waals surface area contributed by atoms with E-state index in [2.05, 4.69) is 10.2 Å². The normalized spacial score (nSPS) is 11.0. The standard InChI is InChI=1S/C4H5N3O3S/c8-11(9,10)7-4-2-1-3-5-6-4/h1-3H,(H,6,7)(H,8,9,10). The molecule has 0 fully saturated rings. The van der Waals surface area contributed by atoms with Gasteiger partial charge in [0.15, 0.2) is 5.82 Å². The van der Waals surface area contributed by atoms with Gasteiger partial charge in [0.25, 0.3) is 0 Å². The van der Waals surface area contributed by atoms with Gasteiger partial charge in [-0.15, -0.1) is 5.10 Å². The maximum absolute atomic E-state index is 10.2. The lowest BCUT2D eigenvalue weighted by Crippen LogP contribution is -2.11. The van der Waals surface area contributed by atoms with E-state index in [1.165, 1.54) is 18.3 Å². The molecule has 0 aromatic carbocycles.